The summed E-state index contributed by atoms with van der Waals surface area (Å²) < 4.78 is 0. The van der Waals surface area contributed by atoms with Crippen molar-refractivity contribution in [1.29, 1.82) is 0 Å². The summed E-state index contributed by atoms with van der Waals surface area (Å²) in [7, 11) is 6.15. The number of benzene rings is 1. The Hall–Kier alpha value is -2.08. The second kappa shape index (κ2) is 10.1. The second-order valence-corrected chi connectivity index (χ2v) is 8.76. The van der Waals surface area contributed by atoms with Crippen molar-refractivity contribution in [2.45, 2.75) is 63.5 Å². The molecule has 2 N–H and O–H groups in total. The van der Waals surface area contributed by atoms with Crippen LogP contribution >= 0.6 is 0 Å². The molecule has 1 aliphatic carbocycles. The summed E-state index contributed by atoms with van der Waals surface area (Å²) in [6.45, 7) is 1.51. The van der Waals surface area contributed by atoms with Crippen LogP contribution in [0.5, 0.6) is 0 Å². The van der Waals surface area contributed by atoms with Crippen LogP contribution in [0, 0.1) is 0 Å². The Balaban J connectivity index is 1.59. The summed E-state index contributed by atoms with van der Waals surface area (Å²) >= 11 is 0. The average Bonchev–Trinajstić information content (AvgIpc) is 2.96. The Morgan fingerprint density at radius 2 is 1.83 bits per heavy atom. The molecule has 0 spiro atoms. The van der Waals surface area contributed by atoms with Crippen LogP contribution in [0.1, 0.15) is 62.1 Å². The number of likely N-dealkylation sites (N-methyl/N-ethyl adjacent to an activating group) is 1. The van der Waals surface area contributed by atoms with Gasteiger partial charge in [-0.1, -0.05) is 37.8 Å². The van der Waals surface area contributed by atoms with Crippen LogP contribution in [0.3, 0.4) is 0 Å². The Morgan fingerprint density at radius 1 is 1.10 bits per heavy atom. The summed E-state index contributed by atoms with van der Waals surface area (Å²) in [5.41, 5.74) is 3.83. The highest BCUT2D eigenvalue weighted by molar-refractivity contribution is 6.35. The number of carbonyl (C=O) groups excluding carboxylic acids is 2. The summed E-state index contributed by atoms with van der Waals surface area (Å²) in [6, 6.07) is 6.75. The second-order valence-electron chi connectivity index (χ2n) is 8.76. The van der Waals surface area contributed by atoms with Gasteiger partial charge in [0.05, 0.1) is 6.04 Å². The molecule has 1 aromatic carbocycles. The Morgan fingerprint density at radius 3 is 2.52 bits per heavy atom. The van der Waals surface area contributed by atoms with Crippen molar-refractivity contribution in [2.24, 2.45) is 0 Å². The van der Waals surface area contributed by atoms with E-state index < -0.39 is 11.8 Å². The maximum absolute atomic E-state index is 12.4. The Bertz CT molecular complexity index is 711. The van der Waals surface area contributed by atoms with Crippen molar-refractivity contribution in [3.63, 3.8) is 0 Å². The standard InChI is InChI=1S/C23H36N4O2/c1-26(2)21(18-12-13-20-17(15-18)9-8-14-27(20)3)16-24-22(28)23(29)25-19-10-6-4-5-7-11-19/h12-13,15,19,21H,4-11,14,16H2,1-3H3,(H,24,28)(H,25,29)/t21-/m1/s1. The lowest BCUT2D eigenvalue weighted by molar-refractivity contribution is -0.139. The van der Waals surface area contributed by atoms with Crippen LogP contribution in [0.2, 0.25) is 0 Å². The molecule has 0 unspecified atom stereocenters. The van der Waals surface area contributed by atoms with E-state index in [2.05, 4.69) is 45.7 Å². The highest BCUT2D eigenvalue weighted by Crippen LogP contribution is 2.29. The molecule has 1 heterocycles. The van der Waals surface area contributed by atoms with Crippen molar-refractivity contribution in [3.8, 4) is 0 Å². The minimum atomic E-state index is -0.529. The number of amides is 2. The number of nitrogens with one attached hydrogen (secondary N) is 2. The topological polar surface area (TPSA) is 64.7 Å². The van der Waals surface area contributed by atoms with E-state index in [9.17, 15) is 9.59 Å². The number of fused-ring (bicyclic) bond motifs is 1. The first kappa shape index (κ1) is 21.6. The van der Waals surface area contributed by atoms with Gasteiger partial charge in [0.2, 0.25) is 0 Å². The molecule has 6 heteroatoms. The number of aryl methyl sites for hydroxylation is 1. The van der Waals surface area contributed by atoms with E-state index in [1.807, 2.05) is 14.1 Å². The van der Waals surface area contributed by atoms with Gasteiger partial charge < -0.3 is 20.4 Å². The molecule has 1 aliphatic heterocycles. The van der Waals surface area contributed by atoms with E-state index in [0.717, 1.165) is 45.1 Å². The third-order valence-corrected chi connectivity index (χ3v) is 6.32. The van der Waals surface area contributed by atoms with Gasteiger partial charge >= 0.3 is 11.8 Å². The minimum Gasteiger partial charge on any atom is -0.374 e. The number of nitrogens with zero attached hydrogens (tertiary/aromatic N) is 2. The van der Waals surface area contributed by atoms with Crippen LogP contribution in [0.4, 0.5) is 5.69 Å². The molecule has 1 fully saturated rings. The Labute approximate surface area is 175 Å². The van der Waals surface area contributed by atoms with E-state index in [1.54, 1.807) is 0 Å². The quantitative estimate of drug-likeness (QED) is 0.589. The van der Waals surface area contributed by atoms with Crippen LogP contribution in [0.15, 0.2) is 18.2 Å². The molecule has 0 bridgehead atoms. The maximum Gasteiger partial charge on any atom is 0.309 e. The number of anilines is 1. The molecule has 160 valence electrons. The highest BCUT2D eigenvalue weighted by atomic mass is 16.2. The molecule has 0 radical (unpaired) electrons. The fourth-order valence-electron chi connectivity index (χ4n) is 4.56. The summed E-state index contributed by atoms with van der Waals surface area (Å²) in [6.07, 6.45) is 8.90. The van der Waals surface area contributed by atoms with Crippen LogP contribution in [-0.4, -0.2) is 57.0 Å². The molecule has 3 rings (SSSR count). The van der Waals surface area contributed by atoms with Crippen LogP contribution in [0.25, 0.3) is 0 Å². The molecule has 1 saturated carbocycles. The van der Waals surface area contributed by atoms with Gasteiger partial charge in [0.15, 0.2) is 0 Å². The maximum atomic E-state index is 12.4. The molecule has 0 aromatic heterocycles. The van der Waals surface area contributed by atoms with Gasteiger partial charge in [0.25, 0.3) is 0 Å². The normalized spacial score (nSPS) is 18.7. The van der Waals surface area contributed by atoms with Crippen molar-refractivity contribution >= 4 is 17.5 Å². The molecule has 2 aliphatic rings. The van der Waals surface area contributed by atoms with Crippen molar-refractivity contribution in [3.05, 3.63) is 29.3 Å². The fraction of sp³-hybridized carbons (Fsp3) is 0.652. The lowest BCUT2D eigenvalue weighted by Gasteiger charge is -2.30. The fourth-order valence-corrected chi connectivity index (χ4v) is 4.56. The average molecular weight is 401 g/mol. The third kappa shape index (κ3) is 5.72. The predicted molar refractivity (Wildman–Crippen MR) is 117 cm³/mol. The first-order chi connectivity index (χ1) is 14.0. The molecular formula is C23H36N4O2. The van der Waals surface area contributed by atoms with Gasteiger partial charge in [0, 0.05) is 31.9 Å². The number of hydrogen-bond donors (Lipinski definition) is 2. The summed E-state index contributed by atoms with van der Waals surface area (Å²) in [5, 5.41) is 5.78. The van der Waals surface area contributed by atoms with Gasteiger partial charge in [-0.25, -0.2) is 0 Å². The molecule has 0 saturated heterocycles. The lowest BCUT2D eigenvalue weighted by atomic mass is 9.96. The van der Waals surface area contributed by atoms with Gasteiger partial charge in [-0.05, 0) is 57.0 Å². The number of carbonyl (C=O) groups is 2. The first-order valence-corrected chi connectivity index (χ1v) is 11.0. The number of hydrogen-bond acceptors (Lipinski definition) is 4. The summed E-state index contributed by atoms with van der Waals surface area (Å²) in [5.74, 6) is -1.03. The molecule has 1 aromatic rings. The first-order valence-electron chi connectivity index (χ1n) is 11.0. The van der Waals surface area contributed by atoms with Gasteiger partial charge in [-0.2, -0.15) is 0 Å². The minimum absolute atomic E-state index is 0.0298. The molecular weight excluding hydrogens is 364 g/mol. The molecule has 29 heavy (non-hydrogen) atoms. The zero-order valence-corrected chi connectivity index (χ0v) is 18.2. The van der Waals surface area contributed by atoms with E-state index in [0.29, 0.717) is 6.54 Å². The molecule has 2 amide bonds. The van der Waals surface area contributed by atoms with Crippen molar-refractivity contribution in [2.75, 3.05) is 39.1 Å². The highest BCUT2D eigenvalue weighted by Gasteiger charge is 2.23. The third-order valence-electron chi connectivity index (χ3n) is 6.32. The van der Waals surface area contributed by atoms with E-state index in [-0.39, 0.29) is 12.1 Å². The smallest absolute Gasteiger partial charge is 0.309 e. The van der Waals surface area contributed by atoms with E-state index >= 15 is 0 Å². The monoisotopic (exact) mass is 400 g/mol. The SMILES string of the molecule is CN1CCCc2cc([C@@H](CNC(=O)C(=O)NC3CCCCCC3)N(C)C)ccc21. The zero-order chi connectivity index (χ0) is 20.8. The summed E-state index contributed by atoms with van der Waals surface area (Å²) in [4.78, 5) is 29.1. The molecule has 1 atom stereocenters. The Kier molecular flexibility index (Phi) is 7.53. The van der Waals surface area contributed by atoms with Crippen molar-refractivity contribution in [1.82, 2.24) is 15.5 Å². The van der Waals surface area contributed by atoms with Crippen LogP contribution in [-0.2, 0) is 16.0 Å². The lowest BCUT2D eigenvalue weighted by Crippen LogP contribution is -2.46. The van der Waals surface area contributed by atoms with Gasteiger partial charge in [-0.15, -0.1) is 0 Å². The van der Waals surface area contributed by atoms with Gasteiger partial charge in [0.1, 0.15) is 0 Å². The van der Waals surface area contributed by atoms with E-state index in [1.165, 1.54) is 29.7 Å². The van der Waals surface area contributed by atoms with Crippen molar-refractivity contribution < 1.29 is 9.59 Å². The van der Waals surface area contributed by atoms with Crippen LogP contribution < -0.4 is 15.5 Å². The van der Waals surface area contributed by atoms with Gasteiger partial charge in [-0.3, -0.25) is 9.59 Å². The number of rotatable bonds is 5. The van der Waals surface area contributed by atoms with E-state index in [4.69, 9.17) is 0 Å². The largest absolute Gasteiger partial charge is 0.374 e. The predicted octanol–water partition coefficient (Wildman–Crippen LogP) is 2.63. The zero-order valence-electron chi connectivity index (χ0n) is 18.2. The molecule has 6 nitrogen and oxygen atoms in total.